The highest BCUT2D eigenvalue weighted by Gasteiger charge is 2.42. The first-order chi connectivity index (χ1) is 13.5. The van der Waals surface area contributed by atoms with Gasteiger partial charge in [-0.05, 0) is 36.8 Å². The molecule has 0 bridgehead atoms. The molecule has 144 valence electrons. The molecule has 0 saturated carbocycles. The van der Waals surface area contributed by atoms with Crippen LogP contribution in [0.5, 0.6) is 11.5 Å². The first kappa shape index (κ1) is 18.0. The maximum Gasteiger partial charge on any atom is 0.261 e. The van der Waals surface area contributed by atoms with Crippen LogP contribution in [0.3, 0.4) is 0 Å². The van der Waals surface area contributed by atoms with Crippen LogP contribution in [0, 0.1) is 0 Å². The predicted molar refractivity (Wildman–Crippen MR) is 101 cm³/mol. The number of carbonyl (C=O) groups excluding carboxylic acids is 3. The van der Waals surface area contributed by atoms with Crippen LogP contribution in [-0.2, 0) is 0 Å². The van der Waals surface area contributed by atoms with Crippen molar-refractivity contribution in [1.29, 1.82) is 0 Å². The Kier molecular flexibility index (Phi) is 4.50. The maximum absolute atomic E-state index is 12.9. The molecule has 7 nitrogen and oxygen atoms in total. The molecule has 0 aromatic heterocycles. The van der Waals surface area contributed by atoms with Crippen LogP contribution in [-0.4, -0.2) is 60.9 Å². The van der Waals surface area contributed by atoms with Crippen LogP contribution >= 0.6 is 0 Å². The zero-order chi connectivity index (χ0) is 19.8. The molecule has 1 atom stereocenters. The Balaban J connectivity index is 1.51. The lowest BCUT2D eigenvalue weighted by atomic mass is 10.1. The zero-order valence-corrected chi connectivity index (χ0v) is 15.7. The van der Waals surface area contributed by atoms with Gasteiger partial charge in [-0.2, -0.15) is 0 Å². The molecule has 7 heteroatoms. The topological polar surface area (TPSA) is 76.2 Å². The fourth-order valence-corrected chi connectivity index (χ4v) is 3.83. The van der Waals surface area contributed by atoms with Crippen molar-refractivity contribution in [3.8, 4) is 11.5 Å². The molecular weight excluding hydrogens is 360 g/mol. The van der Waals surface area contributed by atoms with Crippen LogP contribution in [0.2, 0.25) is 0 Å². The number of hydrogen-bond donors (Lipinski definition) is 0. The van der Waals surface area contributed by atoms with E-state index in [1.807, 2.05) is 0 Å². The molecule has 0 radical (unpaired) electrons. The average molecular weight is 380 g/mol. The molecule has 3 amide bonds. The molecule has 2 heterocycles. The molecule has 2 aromatic carbocycles. The van der Waals surface area contributed by atoms with Gasteiger partial charge in [0.2, 0.25) is 0 Å². The molecule has 0 N–H and O–H groups in total. The van der Waals surface area contributed by atoms with Crippen molar-refractivity contribution < 1.29 is 23.9 Å². The third kappa shape index (κ3) is 2.79. The molecule has 2 aliphatic rings. The third-order valence-electron chi connectivity index (χ3n) is 5.27. The summed E-state index contributed by atoms with van der Waals surface area (Å²) >= 11 is 0. The highest BCUT2D eigenvalue weighted by atomic mass is 16.5. The Hall–Kier alpha value is -3.35. The van der Waals surface area contributed by atoms with Crippen LogP contribution in [0.15, 0.2) is 42.5 Å². The number of hydrogen-bond acceptors (Lipinski definition) is 5. The SMILES string of the molecule is COc1ccc(C(=O)N2CCC(N3C(=O)c4ccccc4C3=O)C2)cc1OC. The largest absolute Gasteiger partial charge is 0.493 e. The highest BCUT2D eigenvalue weighted by molar-refractivity contribution is 6.21. The molecule has 1 fully saturated rings. The summed E-state index contributed by atoms with van der Waals surface area (Å²) in [5, 5.41) is 0. The third-order valence-corrected chi connectivity index (χ3v) is 5.27. The molecular formula is C21H20N2O5. The smallest absolute Gasteiger partial charge is 0.261 e. The summed E-state index contributed by atoms with van der Waals surface area (Å²) in [7, 11) is 3.05. The summed E-state index contributed by atoms with van der Waals surface area (Å²) in [6.45, 7) is 0.796. The van der Waals surface area contributed by atoms with E-state index >= 15 is 0 Å². The summed E-state index contributed by atoms with van der Waals surface area (Å²) in [6, 6.07) is 11.5. The van der Waals surface area contributed by atoms with Crippen molar-refractivity contribution >= 4 is 17.7 Å². The number of amides is 3. The Labute approximate surface area is 162 Å². The molecule has 2 aromatic rings. The molecule has 1 saturated heterocycles. The van der Waals surface area contributed by atoms with Gasteiger partial charge in [0.1, 0.15) is 0 Å². The van der Waals surface area contributed by atoms with Gasteiger partial charge in [-0.3, -0.25) is 19.3 Å². The second kappa shape index (κ2) is 6.99. The number of rotatable bonds is 4. The minimum absolute atomic E-state index is 0.167. The highest BCUT2D eigenvalue weighted by Crippen LogP contribution is 2.31. The number of carbonyl (C=O) groups is 3. The lowest BCUT2D eigenvalue weighted by Crippen LogP contribution is -2.42. The van der Waals surface area contributed by atoms with Crippen molar-refractivity contribution in [2.24, 2.45) is 0 Å². The first-order valence-corrected chi connectivity index (χ1v) is 9.03. The maximum atomic E-state index is 12.9. The van der Waals surface area contributed by atoms with Crippen LogP contribution < -0.4 is 9.47 Å². The van der Waals surface area contributed by atoms with Crippen LogP contribution in [0.1, 0.15) is 37.5 Å². The van der Waals surface area contributed by atoms with Crippen molar-refractivity contribution in [2.45, 2.75) is 12.5 Å². The predicted octanol–water partition coefficient (Wildman–Crippen LogP) is 2.21. The summed E-state index contributed by atoms with van der Waals surface area (Å²) in [5.41, 5.74) is 1.33. The normalized spacial score (nSPS) is 18.4. The summed E-state index contributed by atoms with van der Waals surface area (Å²) in [4.78, 5) is 41.2. The van der Waals surface area contributed by atoms with E-state index in [4.69, 9.17) is 9.47 Å². The van der Waals surface area contributed by atoms with Gasteiger partial charge in [0.05, 0.1) is 31.4 Å². The molecule has 28 heavy (non-hydrogen) atoms. The quantitative estimate of drug-likeness (QED) is 0.760. The minimum atomic E-state index is -0.323. The van der Waals surface area contributed by atoms with E-state index in [2.05, 4.69) is 0 Å². The number of fused-ring (bicyclic) bond motifs is 1. The second-order valence-corrected chi connectivity index (χ2v) is 6.79. The molecule has 1 unspecified atom stereocenters. The number of nitrogens with zero attached hydrogens (tertiary/aromatic N) is 2. The van der Waals surface area contributed by atoms with Gasteiger partial charge >= 0.3 is 0 Å². The lowest BCUT2D eigenvalue weighted by molar-refractivity contribution is 0.0574. The van der Waals surface area contributed by atoms with E-state index in [-0.39, 0.29) is 23.8 Å². The number of ether oxygens (including phenoxy) is 2. The number of methoxy groups -OCH3 is 2. The summed E-state index contributed by atoms with van der Waals surface area (Å²) in [5.74, 6) is 0.283. The van der Waals surface area contributed by atoms with E-state index in [0.717, 1.165) is 0 Å². The fourth-order valence-electron chi connectivity index (χ4n) is 3.83. The average Bonchev–Trinajstić information content (AvgIpc) is 3.30. The Bertz CT molecular complexity index is 936. The van der Waals surface area contributed by atoms with E-state index in [0.29, 0.717) is 47.7 Å². The van der Waals surface area contributed by atoms with Gasteiger partial charge in [-0.25, -0.2) is 0 Å². The van der Waals surface area contributed by atoms with Crippen molar-refractivity contribution in [3.63, 3.8) is 0 Å². The Morgan fingerprint density at radius 2 is 1.61 bits per heavy atom. The van der Waals surface area contributed by atoms with Crippen molar-refractivity contribution in [3.05, 3.63) is 59.2 Å². The molecule has 0 aliphatic carbocycles. The monoisotopic (exact) mass is 380 g/mol. The van der Waals surface area contributed by atoms with Crippen molar-refractivity contribution in [2.75, 3.05) is 27.3 Å². The van der Waals surface area contributed by atoms with E-state index in [9.17, 15) is 14.4 Å². The van der Waals surface area contributed by atoms with Crippen LogP contribution in [0.4, 0.5) is 0 Å². The van der Waals surface area contributed by atoms with Gasteiger partial charge in [0.25, 0.3) is 17.7 Å². The summed E-state index contributed by atoms with van der Waals surface area (Å²) < 4.78 is 10.5. The van der Waals surface area contributed by atoms with Gasteiger partial charge < -0.3 is 14.4 Å². The number of imide groups is 1. The minimum Gasteiger partial charge on any atom is -0.493 e. The summed E-state index contributed by atoms with van der Waals surface area (Å²) in [6.07, 6.45) is 0.560. The Morgan fingerprint density at radius 3 is 2.21 bits per heavy atom. The molecule has 2 aliphatic heterocycles. The van der Waals surface area contributed by atoms with Gasteiger partial charge in [-0.15, -0.1) is 0 Å². The standard InChI is InChI=1S/C21H20N2O5/c1-27-17-8-7-13(11-18(17)28-2)19(24)22-10-9-14(12-22)23-20(25)15-5-3-4-6-16(15)21(23)26/h3-8,11,14H,9-10,12H2,1-2H3. The van der Waals surface area contributed by atoms with Crippen LogP contribution in [0.25, 0.3) is 0 Å². The van der Waals surface area contributed by atoms with E-state index in [1.165, 1.54) is 19.1 Å². The van der Waals surface area contributed by atoms with Crippen molar-refractivity contribution in [1.82, 2.24) is 9.80 Å². The zero-order valence-electron chi connectivity index (χ0n) is 15.7. The molecule has 0 spiro atoms. The van der Waals surface area contributed by atoms with Gasteiger partial charge in [0, 0.05) is 18.7 Å². The number of likely N-dealkylation sites (tertiary alicyclic amines) is 1. The molecule has 4 rings (SSSR count). The van der Waals surface area contributed by atoms with E-state index < -0.39 is 0 Å². The van der Waals surface area contributed by atoms with Gasteiger partial charge in [-0.1, -0.05) is 12.1 Å². The fraction of sp³-hybridized carbons (Fsp3) is 0.286. The second-order valence-electron chi connectivity index (χ2n) is 6.79. The van der Waals surface area contributed by atoms with E-state index in [1.54, 1.807) is 47.4 Å². The first-order valence-electron chi connectivity index (χ1n) is 9.03. The van der Waals surface area contributed by atoms with Gasteiger partial charge in [0.15, 0.2) is 11.5 Å². The Morgan fingerprint density at radius 1 is 0.964 bits per heavy atom. The lowest BCUT2D eigenvalue weighted by Gasteiger charge is -2.23. The number of benzene rings is 2.